The molecule has 18 heavy (non-hydrogen) atoms. The summed E-state index contributed by atoms with van der Waals surface area (Å²) >= 11 is 0. The van der Waals surface area contributed by atoms with Crippen molar-refractivity contribution in [3.05, 3.63) is 50.4 Å². The van der Waals surface area contributed by atoms with E-state index in [2.05, 4.69) is 0 Å². The number of alkyl halides is 3. The van der Waals surface area contributed by atoms with Gasteiger partial charge >= 0.3 is 6.18 Å². The van der Waals surface area contributed by atoms with Gasteiger partial charge in [0.2, 0.25) is 0 Å². The zero-order valence-electron chi connectivity index (χ0n) is 8.71. The lowest BCUT2D eigenvalue weighted by Gasteiger charge is -2.06. The van der Waals surface area contributed by atoms with Gasteiger partial charge in [0.15, 0.2) is 5.75 Å². The summed E-state index contributed by atoms with van der Waals surface area (Å²) in [6.45, 7) is 0. The van der Waals surface area contributed by atoms with Gasteiger partial charge in [0.1, 0.15) is 0 Å². The summed E-state index contributed by atoms with van der Waals surface area (Å²) in [6, 6.07) is 3.50. The van der Waals surface area contributed by atoms with Gasteiger partial charge in [-0.25, -0.2) is 0 Å². The van der Waals surface area contributed by atoms with Crippen molar-refractivity contribution in [2.75, 3.05) is 0 Å². The number of aromatic hydroxyl groups is 1. The van der Waals surface area contributed by atoms with E-state index in [9.17, 15) is 27.9 Å². The van der Waals surface area contributed by atoms with E-state index in [-0.39, 0.29) is 10.9 Å². The summed E-state index contributed by atoms with van der Waals surface area (Å²) < 4.78 is 37.4. The van der Waals surface area contributed by atoms with Crippen molar-refractivity contribution in [1.82, 2.24) is 4.98 Å². The Balaban J connectivity index is 2.89. The number of hydrogen-bond acceptors (Lipinski definition) is 3. The molecule has 0 aliphatic heterocycles. The maximum Gasteiger partial charge on any atom is 0.416 e. The van der Waals surface area contributed by atoms with E-state index in [1.54, 1.807) is 0 Å². The monoisotopic (exact) mass is 257 g/mol. The van der Waals surface area contributed by atoms with Crippen molar-refractivity contribution in [2.24, 2.45) is 0 Å². The first-order valence-corrected chi connectivity index (χ1v) is 4.76. The highest BCUT2D eigenvalue weighted by atomic mass is 19.4. The number of benzene rings is 1. The van der Waals surface area contributed by atoms with Crippen LogP contribution in [0.2, 0.25) is 0 Å². The lowest BCUT2D eigenvalue weighted by molar-refractivity contribution is -0.137. The van der Waals surface area contributed by atoms with Crippen molar-refractivity contribution in [2.45, 2.75) is 6.18 Å². The fraction of sp³-hybridized carbons (Fsp3) is 0.0909. The molecular weight excluding hydrogens is 251 g/mol. The predicted octanol–water partition coefficient (Wildman–Crippen LogP) is 1.61. The van der Waals surface area contributed by atoms with Crippen LogP contribution >= 0.6 is 0 Å². The number of rotatable bonds is 0. The van der Waals surface area contributed by atoms with Crippen LogP contribution in [0.25, 0.3) is 10.9 Å². The number of nitrogens with one attached hydrogen (secondary N) is 1. The van der Waals surface area contributed by atoms with Crippen molar-refractivity contribution in [3.63, 3.8) is 0 Å². The van der Waals surface area contributed by atoms with Gasteiger partial charge < -0.3 is 10.1 Å². The van der Waals surface area contributed by atoms with Crippen molar-refractivity contribution in [1.29, 1.82) is 0 Å². The molecule has 7 heteroatoms. The van der Waals surface area contributed by atoms with Crippen LogP contribution in [0.4, 0.5) is 13.2 Å². The number of H-pyrrole nitrogens is 1. The van der Waals surface area contributed by atoms with Gasteiger partial charge in [-0.3, -0.25) is 9.59 Å². The third-order valence-corrected chi connectivity index (χ3v) is 2.36. The van der Waals surface area contributed by atoms with E-state index in [4.69, 9.17) is 0 Å². The Hall–Kier alpha value is -2.31. The Morgan fingerprint density at radius 1 is 1.11 bits per heavy atom. The summed E-state index contributed by atoms with van der Waals surface area (Å²) in [5.41, 5.74) is -3.50. The average molecular weight is 257 g/mol. The summed E-state index contributed by atoms with van der Waals surface area (Å²) in [6.07, 6.45) is -4.55. The first-order valence-electron chi connectivity index (χ1n) is 4.76. The van der Waals surface area contributed by atoms with E-state index in [1.807, 2.05) is 4.98 Å². The van der Waals surface area contributed by atoms with Gasteiger partial charge in [-0.15, -0.1) is 0 Å². The minimum Gasteiger partial charge on any atom is -0.504 e. The molecule has 1 aromatic carbocycles. The van der Waals surface area contributed by atoms with Gasteiger partial charge in [-0.2, -0.15) is 13.2 Å². The molecule has 0 saturated carbocycles. The minimum atomic E-state index is -4.55. The normalized spacial score (nSPS) is 11.7. The lowest BCUT2D eigenvalue weighted by Crippen LogP contribution is -2.22. The van der Waals surface area contributed by atoms with E-state index >= 15 is 0 Å². The van der Waals surface area contributed by atoms with Crippen LogP contribution in [-0.2, 0) is 6.18 Å². The first-order chi connectivity index (χ1) is 8.29. The largest absolute Gasteiger partial charge is 0.504 e. The molecule has 1 aromatic heterocycles. The Morgan fingerprint density at radius 2 is 1.78 bits per heavy atom. The van der Waals surface area contributed by atoms with E-state index in [1.165, 1.54) is 0 Å². The molecule has 0 radical (unpaired) electrons. The smallest absolute Gasteiger partial charge is 0.416 e. The summed E-state index contributed by atoms with van der Waals surface area (Å²) in [7, 11) is 0. The Bertz CT molecular complexity index is 734. The second kappa shape index (κ2) is 3.86. The first kappa shape index (κ1) is 12.2. The number of aromatic nitrogens is 1. The Morgan fingerprint density at radius 3 is 2.39 bits per heavy atom. The van der Waals surface area contributed by atoms with E-state index in [0.717, 1.165) is 18.2 Å². The molecular formula is C11H6F3NO3. The topological polar surface area (TPSA) is 70.2 Å². The van der Waals surface area contributed by atoms with E-state index in [0.29, 0.717) is 6.07 Å². The highest BCUT2D eigenvalue weighted by Gasteiger charge is 2.30. The summed E-state index contributed by atoms with van der Waals surface area (Å²) in [5, 5.41) is 9.36. The third-order valence-electron chi connectivity index (χ3n) is 2.36. The zero-order valence-corrected chi connectivity index (χ0v) is 8.71. The molecule has 2 N–H and O–H groups in total. The molecule has 0 spiro atoms. The maximum absolute atomic E-state index is 12.5. The SMILES string of the molecule is O=c1[nH]c2cc(C(F)(F)F)ccc2cc(O)c1=O. The number of hydrogen-bond donors (Lipinski definition) is 2. The molecule has 0 saturated heterocycles. The summed E-state index contributed by atoms with van der Waals surface area (Å²) in [5.74, 6) is -0.814. The molecule has 4 nitrogen and oxygen atoms in total. The molecule has 0 atom stereocenters. The molecule has 0 bridgehead atoms. The van der Waals surface area contributed by atoms with Gasteiger partial charge in [-0.1, -0.05) is 6.07 Å². The van der Waals surface area contributed by atoms with Gasteiger partial charge in [0, 0.05) is 10.9 Å². The average Bonchev–Trinajstić information content (AvgIpc) is 2.37. The summed E-state index contributed by atoms with van der Waals surface area (Å²) in [4.78, 5) is 24.4. The lowest BCUT2D eigenvalue weighted by atomic mass is 10.1. The van der Waals surface area contributed by atoms with E-state index < -0.39 is 28.5 Å². The minimum absolute atomic E-state index is 0.125. The standard InChI is InChI=1S/C11H6F3NO3/c12-11(13,14)6-2-1-5-3-8(16)9(17)10(18)15-7(5)4-6/h1-4H,(H2,15,16,17,18). The molecule has 0 aliphatic rings. The fourth-order valence-corrected chi connectivity index (χ4v) is 1.47. The number of halogens is 3. The number of fused-ring (bicyclic) bond motifs is 1. The molecule has 0 fully saturated rings. The zero-order chi connectivity index (χ0) is 13.5. The van der Waals surface area contributed by atoms with Crippen LogP contribution in [0.3, 0.4) is 0 Å². The molecule has 94 valence electrons. The van der Waals surface area contributed by atoms with Gasteiger partial charge in [0.25, 0.3) is 11.0 Å². The second-order valence-electron chi connectivity index (χ2n) is 3.61. The molecule has 2 aromatic rings. The Kier molecular flexibility index (Phi) is 2.61. The third kappa shape index (κ3) is 2.06. The molecule has 0 aliphatic carbocycles. The molecule has 0 amide bonds. The van der Waals surface area contributed by atoms with Gasteiger partial charge in [-0.05, 0) is 18.2 Å². The van der Waals surface area contributed by atoms with Crippen molar-refractivity contribution < 1.29 is 18.3 Å². The van der Waals surface area contributed by atoms with Crippen LogP contribution in [0, 0.1) is 0 Å². The van der Waals surface area contributed by atoms with Crippen LogP contribution in [0.1, 0.15) is 5.56 Å². The quantitative estimate of drug-likeness (QED) is 0.704. The molecule has 2 rings (SSSR count). The molecule has 0 unspecified atom stereocenters. The maximum atomic E-state index is 12.5. The second-order valence-corrected chi connectivity index (χ2v) is 3.61. The van der Waals surface area contributed by atoms with Crippen molar-refractivity contribution in [3.8, 4) is 5.75 Å². The Labute approximate surface area is 97.3 Å². The highest BCUT2D eigenvalue weighted by Crippen LogP contribution is 2.30. The fourth-order valence-electron chi connectivity index (χ4n) is 1.47. The van der Waals surface area contributed by atoms with Crippen LogP contribution in [0.5, 0.6) is 5.75 Å². The van der Waals surface area contributed by atoms with Gasteiger partial charge in [0.05, 0.1) is 5.56 Å². The van der Waals surface area contributed by atoms with Crippen LogP contribution in [-0.4, -0.2) is 10.1 Å². The predicted molar refractivity (Wildman–Crippen MR) is 57.5 cm³/mol. The highest BCUT2D eigenvalue weighted by molar-refractivity contribution is 5.79. The number of aromatic amines is 1. The van der Waals surface area contributed by atoms with Crippen molar-refractivity contribution >= 4 is 10.9 Å². The van der Waals surface area contributed by atoms with Crippen LogP contribution < -0.4 is 11.0 Å². The van der Waals surface area contributed by atoms with Crippen LogP contribution in [0.15, 0.2) is 33.9 Å². The molecule has 1 heterocycles.